The van der Waals surface area contributed by atoms with Crippen LogP contribution in [0.4, 0.5) is 16.2 Å². The fourth-order valence-electron chi connectivity index (χ4n) is 2.38. The van der Waals surface area contributed by atoms with Crippen LogP contribution < -0.4 is 16.2 Å². The molecule has 0 aliphatic carbocycles. The van der Waals surface area contributed by atoms with Crippen LogP contribution >= 0.6 is 0 Å². The van der Waals surface area contributed by atoms with Gasteiger partial charge in [-0.2, -0.15) is 0 Å². The van der Waals surface area contributed by atoms with Gasteiger partial charge in [0, 0.05) is 31.4 Å². The number of rotatable bonds is 7. The molecule has 8 heteroatoms. The van der Waals surface area contributed by atoms with E-state index in [0.717, 1.165) is 6.42 Å². The quantitative estimate of drug-likeness (QED) is 0.457. The summed E-state index contributed by atoms with van der Waals surface area (Å²) in [5, 5.41) is 16.2. The van der Waals surface area contributed by atoms with Gasteiger partial charge in [0.05, 0.1) is 16.2 Å². The molecule has 8 nitrogen and oxygen atoms in total. The number of aromatic nitrogens is 1. The molecule has 132 valence electrons. The summed E-state index contributed by atoms with van der Waals surface area (Å²) in [7, 11) is 0. The van der Waals surface area contributed by atoms with Crippen molar-refractivity contribution in [2.45, 2.75) is 26.3 Å². The summed E-state index contributed by atoms with van der Waals surface area (Å²) in [4.78, 5) is 33.8. The van der Waals surface area contributed by atoms with Gasteiger partial charge in [0.2, 0.25) is 5.56 Å². The molecule has 0 spiro atoms. The molecule has 0 aliphatic heterocycles. The Morgan fingerprint density at radius 1 is 1.20 bits per heavy atom. The predicted octanol–water partition coefficient (Wildman–Crippen LogP) is 2.67. The second-order valence-electron chi connectivity index (χ2n) is 5.53. The van der Waals surface area contributed by atoms with Crippen LogP contribution in [-0.4, -0.2) is 22.1 Å². The van der Waals surface area contributed by atoms with E-state index in [-0.39, 0.29) is 11.2 Å². The Kier molecular flexibility index (Phi) is 6.27. The van der Waals surface area contributed by atoms with E-state index in [1.807, 2.05) is 0 Å². The number of nitrogens with zero attached hydrogens (tertiary/aromatic N) is 2. The topological polar surface area (TPSA) is 106 Å². The third kappa shape index (κ3) is 5.17. The molecule has 2 N–H and O–H groups in total. The van der Waals surface area contributed by atoms with E-state index in [0.29, 0.717) is 30.8 Å². The lowest BCUT2D eigenvalue weighted by Gasteiger charge is -2.10. The van der Waals surface area contributed by atoms with Gasteiger partial charge in [-0.15, -0.1) is 0 Å². The Morgan fingerprint density at radius 2 is 2.00 bits per heavy atom. The molecule has 1 aromatic carbocycles. The van der Waals surface area contributed by atoms with Crippen LogP contribution in [0.15, 0.2) is 47.4 Å². The lowest BCUT2D eigenvalue weighted by atomic mass is 10.1. The largest absolute Gasteiger partial charge is 0.338 e. The van der Waals surface area contributed by atoms with Crippen LogP contribution in [0, 0.1) is 17.0 Å². The number of benzene rings is 1. The molecule has 0 atom stereocenters. The zero-order valence-corrected chi connectivity index (χ0v) is 13.9. The van der Waals surface area contributed by atoms with Crippen LogP contribution in [0.2, 0.25) is 0 Å². The molecule has 1 heterocycles. The van der Waals surface area contributed by atoms with Crippen molar-refractivity contribution in [1.29, 1.82) is 0 Å². The van der Waals surface area contributed by atoms with Crippen LogP contribution in [0.5, 0.6) is 0 Å². The molecule has 0 bridgehead atoms. The molecular weight excluding hydrogens is 324 g/mol. The van der Waals surface area contributed by atoms with Gasteiger partial charge in [0.25, 0.3) is 5.69 Å². The van der Waals surface area contributed by atoms with Gasteiger partial charge >= 0.3 is 6.03 Å². The van der Waals surface area contributed by atoms with Gasteiger partial charge < -0.3 is 15.2 Å². The average molecular weight is 344 g/mol. The summed E-state index contributed by atoms with van der Waals surface area (Å²) in [5.41, 5.74) is 0.731. The molecule has 0 saturated carbocycles. The van der Waals surface area contributed by atoms with E-state index in [2.05, 4.69) is 10.6 Å². The lowest BCUT2D eigenvalue weighted by molar-refractivity contribution is -0.385. The Morgan fingerprint density at radius 3 is 2.72 bits per heavy atom. The maximum atomic E-state index is 11.9. The van der Waals surface area contributed by atoms with E-state index >= 15 is 0 Å². The fourth-order valence-corrected chi connectivity index (χ4v) is 2.38. The van der Waals surface area contributed by atoms with E-state index < -0.39 is 11.0 Å². The molecule has 2 aromatic rings. The number of urea groups is 1. The predicted molar refractivity (Wildman–Crippen MR) is 94.8 cm³/mol. The van der Waals surface area contributed by atoms with Gasteiger partial charge in [0.15, 0.2) is 0 Å². The van der Waals surface area contributed by atoms with Crippen molar-refractivity contribution in [3.63, 3.8) is 0 Å². The van der Waals surface area contributed by atoms with E-state index in [9.17, 15) is 19.7 Å². The number of aryl methyl sites for hydroxylation is 1. The van der Waals surface area contributed by atoms with Gasteiger partial charge in [-0.1, -0.05) is 12.1 Å². The number of unbranched alkanes of at least 4 members (excludes halogenated alkanes) is 1. The first-order valence-corrected chi connectivity index (χ1v) is 7.93. The van der Waals surface area contributed by atoms with Crippen molar-refractivity contribution in [2.75, 3.05) is 11.9 Å². The third-order valence-electron chi connectivity index (χ3n) is 3.76. The minimum Gasteiger partial charge on any atom is -0.338 e. The summed E-state index contributed by atoms with van der Waals surface area (Å²) in [6, 6.07) is 9.12. The van der Waals surface area contributed by atoms with Crippen LogP contribution in [0.3, 0.4) is 0 Å². The molecule has 2 rings (SSSR count). The third-order valence-corrected chi connectivity index (χ3v) is 3.76. The highest BCUT2D eigenvalue weighted by Crippen LogP contribution is 2.24. The zero-order chi connectivity index (χ0) is 18.2. The number of nitrogens with one attached hydrogen (secondary N) is 2. The zero-order valence-electron chi connectivity index (χ0n) is 13.9. The van der Waals surface area contributed by atoms with E-state index in [1.54, 1.807) is 35.9 Å². The second-order valence-corrected chi connectivity index (χ2v) is 5.53. The number of hydrogen-bond donors (Lipinski definition) is 2. The van der Waals surface area contributed by atoms with E-state index in [1.165, 1.54) is 18.2 Å². The monoisotopic (exact) mass is 344 g/mol. The molecule has 1 aromatic heterocycles. The molecule has 0 unspecified atom stereocenters. The Hall–Kier alpha value is -3.16. The highest BCUT2D eigenvalue weighted by molar-refractivity contribution is 5.90. The highest BCUT2D eigenvalue weighted by Gasteiger charge is 2.14. The SMILES string of the molecule is Cc1c(NC(=O)NCCCCn2ccccc2=O)cccc1[N+](=O)[O-]. The first-order valence-electron chi connectivity index (χ1n) is 7.93. The van der Waals surface area contributed by atoms with E-state index in [4.69, 9.17) is 0 Å². The maximum Gasteiger partial charge on any atom is 0.319 e. The van der Waals surface area contributed by atoms with Crippen LogP contribution in [0.25, 0.3) is 0 Å². The minimum absolute atomic E-state index is 0.0360. The van der Waals surface area contributed by atoms with Crippen LogP contribution in [-0.2, 0) is 6.54 Å². The fraction of sp³-hybridized carbons (Fsp3) is 0.294. The van der Waals surface area contributed by atoms with Crippen molar-refractivity contribution < 1.29 is 9.72 Å². The number of amides is 2. The number of carbonyl (C=O) groups is 1. The van der Waals surface area contributed by atoms with Crippen molar-refractivity contribution in [3.05, 3.63) is 68.6 Å². The number of pyridine rings is 1. The number of carbonyl (C=O) groups excluding carboxylic acids is 1. The molecule has 0 saturated heterocycles. The van der Waals surface area contributed by atoms with Crippen LogP contribution in [0.1, 0.15) is 18.4 Å². The first kappa shape index (κ1) is 18.2. The number of anilines is 1. The summed E-state index contributed by atoms with van der Waals surface area (Å²) >= 11 is 0. The number of nitro groups is 1. The summed E-state index contributed by atoms with van der Waals surface area (Å²) in [6.45, 7) is 2.62. The molecule has 0 aliphatic rings. The van der Waals surface area contributed by atoms with Crippen molar-refractivity contribution in [1.82, 2.24) is 9.88 Å². The molecule has 2 amide bonds. The number of nitro benzene ring substituents is 1. The van der Waals surface area contributed by atoms with Crippen molar-refractivity contribution in [3.8, 4) is 0 Å². The normalized spacial score (nSPS) is 10.3. The second kappa shape index (κ2) is 8.62. The molecule has 0 radical (unpaired) electrons. The highest BCUT2D eigenvalue weighted by atomic mass is 16.6. The minimum atomic E-state index is -0.482. The van der Waals surface area contributed by atoms with Gasteiger partial charge in [0.1, 0.15) is 0 Å². The molecule has 0 fully saturated rings. The smallest absolute Gasteiger partial charge is 0.319 e. The number of hydrogen-bond acceptors (Lipinski definition) is 4. The lowest BCUT2D eigenvalue weighted by Crippen LogP contribution is -2.30. The van der Waals surface area contributed by atoms with Crippen molar-refractivity contribution >= 4 is 17.4 Å². The summed E-state index contributed by atoms with van der Waals surface area (Å²) in [6.07, 6.45) is 3.19. The van der Waals surface area contributed by atoms with Gasteiger partial charge in [-0.05, 0) is 31.9 Å². The maximum absolute atomic E-state index is 11.9. The van der Waals surface area contributed by atoms with Gasteiger partial charge in [-0.25, -0.2) is 4.79 Å². The Bertz CT molecular complexity index is 816. The summed E-state index contributed by atoms with van der Waals surface area (Å²) < 4.78 is 1.62. The first-order chi connectivity index (χ1) is 12.0. The summed E-state index contributed by atoms with van der Waals surface area (Å²) in [5.74, 6) is 0. The Balaban J connectivity index is 1.76. The Labute approximate surface area is 144 Å². The standard InChI is InChI=1S/C17H20N4O4/c1-13-14(7-6-8-15(13)21(24)25)19-17(23)18-10-3-5-12-20-11-4-2-9-16(20)22/h2,4,6-9,11H,3,5,10,12H2,1H3,(H2,18,19,23). The average Bonchev–Trinajstić information content (AvgIpc) is 2.57. The molecular formula is C17H20N4O4. The molecule has 25 heavy (non-hydrogen) atoms. The van der Waals surface area contributed by atoms with Crippen molar-refractivity contribution in [2.24, 2.45) is 0 Å². The van der Waals surface area contributed by atoms with Gasteiger partial charge in [-0.3, -0.25) is 14.9 Å².